The van der Waals surface area contributed by atoms with Crippen molar-refractivity contribution in [1.82, 2.24) is 4.57 Å². The van der Waals surface area contributed by atoms with Crippen LogP contribution in [0.4, 0.5) is 0 Å². The molecule has 5 nitrogen and oxygen atoms in total. The highest BCUT2D eigenvalue weighted by atomic mass is 16.5. The maximum absolute atomic E-state index is 12.3. The Morgan fingerprint density at radius 1 is 1.35 bits per heavy atom. The number of aromatic nitrogens is 1. The first-order valence-corrected chi connectivity index (χ1v) is 6.66. The van der Waals surface area contributed by atoms with Crippen molar-refractivity contribution in [3.05, 3.63) is 33.2 Å². The lowest BCUT2D eigenvalue weighted by atomic mass is 10.0. The van der Waals surface area contributed by atoms with Crippen LogP contribution in [0, 0.1) is 13.8 Å². The third kappa shape index (κ3) is 3.10. The fraction of sp³-hybridized carbons (Fsp3) is 0.600. The minimum absolute atomic E-state index is 0.143. The van der Waals surface area contributed by atoms with Gasteiger partial charge in [-0.2, -0.15) is 0 Å². The van der Waals surface area contributed by atoms with Crippen LogP contribution in [0.1, 0.15) is 42.4 Å². The largest absolute Gasteiger partial charge is 0.462 e. The van der Waals surface area contributed by atoms with Gasteiger partial charge in [0.05, 0.1) is 24.3 Å². The molecule has 0 aliphatic heterocycles. The first kappa shape index (κ1) is 16.4. The van der Waals surface area contributed by atoms with Crippen molar-refractivity contribution < 1.29 is 14.3 Å². The van der Waals surface area contributed by atoms with Crippen LogP contribution in [0.2, 0.25) is 0 Å². The van der Waals surface area contributed by atoms with E-state index in [1.807, 2.05) is 13.8 Å². The predicted octanol–water partition coefficient (Wildman–Crippen LogP) is 2.02. The molecule has 0 fully saturated rings. The number of ether oxygens (including phenoxy) is 2. The molecule has 0 aliphatic carbocycles. The fourth-order valence-corrected chi connectivity index (χ4v) is 2.57. The standard InChI is InChI=1S/C15H23NO4/c1-7-20-14(18)13-10(2)8-12(17)16(11(13)3)15(4,5)9-19-6/h8H,7,9H2,1-6H3. The number of aryl methyl sites for hydroxylation is 1. The van der Waals surface area contributed by atoms with Crippen LogP contribution in [-0.2, 0) is 15.0 Å². The monoisotopic (exact) mass is 281 g/mol. The maximum atomic E-state index is 12.3. The summed E-state index contributed by atoms with van der Waals surface area (Å²) in [5.41, 5.74) is 1.02. The Kier molecular flexibility index (Phi) is 5.11. The number of hydrogen-bond donors (Lipinski definition) is 0. The highest BCUT2D eigenvalue weighted by Gasteiger charge is 2.27. The first-order chi connectivity index (χ1) is 9.26. The molecule has 0 amide bonds. The van der Waals surface area contributed by atoms with Crippen molar-refractivity contribution in [1.29, 1.82) is 0 Å². The number of rotatable bonds is 5. The molecule has 0 radical (unpaired) electrons. The lowest BCUT2D eigenvalue weighted by Gasteiger charge is -2.30. The van der Waals surface area contributed by atoms with Crippen LogP contribution in [0.25, 0.3) is 0 Å². The summed E-state index contributed by atoms with van der Waals surface area (Å²) < 4.78 is 11.8. The molecular formula is C15H23NO4. The van der Waals surface area contributed by atoms with Gasteiger partial charge in [0.1, 0.15) is 0 Å². The van der Waals surface area contributed by atoms with Crippen LogP contribution in [-0.4, -0.2) is 30.9 Å². The van der Waals surface area contributed by atoms with E-state index in [0.29, 0.717) is 30.0 Å². The van der Waals surface area contributed by atoms with Gasteiger partial charge in [-0.25, -0.2) is 4.79 Å². The van der Waals surface area contributed by atoms with Gasteiger partial charge in [0, 0.05) is 18.9 Å². The molecule has 1 rings (SSSR count). The number of pyridine rings is 1. The third-order valence-corrected chi connectivity index (χ3v) is 3.23. The lowest BCUT2D eigenvalue weighted by Crippen LogP contribution is -2.42. The maximum Gasteiger partial charge on any atom is 0.340 e. The molecule has 0 spiro atoms. The van der Waals surface area contributed by atoms with E-state index >= 15 is 0 Å². The molecule has 0 atom stereocenters. The van der Waals surface area contributed by atoms with E-state index in [9.17, 15) is 9.59 Å². The van der Waals surface area contributed by atoms with Gasteiger partial charge in [0.25, 0.3) is 5.56 Å². The van der Waals surface area contributed by atoms with Gasteiger partial charge in [-0.15, -0.1) is 0 Å². The quantitative estimate of drug-likeness (QED) is 0.775. The van der Waals surface area contributed by atoms with Crippen molar-refractivity contribution >= 4 is 5.97 Å². The van der Waals surface area contributed by atoms with E-state index < -0.39 is 11.5 Å². The lowest BCUT2D eigenvalue weighted by molar-refractivity contribution is 0.0520. The molecule has 112 valence electrons. The molecule has 1 aromatic rings. The summed E-state index contributed by atoms with van der Waals surface area (Å²) >= 11 is 0. The average molecular weight is 281 g/mol. The van der Waals surface area contributed by atoms with E-state index in [-0.39, 0.29) is 5.56 Å². The fourth-order valence-electron chi connectivity index (χ4n) is 2.57. The van der Waals surface area contributed by atoms with Crippen LogP contribution in [0.15, 0.2) is 10.9 Å². The number of methoxy groups -OCH3 is 1. The Labute approximate surface area is 119 Å². The van der Waals surface area contributed by atoms with Crippen molar-refractivity contribution in [2.75, 3.05) is 20.3 Å². The zero-order valence-electron chi connectivity index (χ0n) is 13.1. The molecule has 0 unspecified atom stereocenters. The molecule has 5 heteroatoms. The topological polar surface area (TPSA) is 57.5 Å². The number of carbonyl (C=O) groups is 1. The van der Waals surface area contributed by atoms with E-state index in [1.165, 1.54) is 6.07 Å². The summed E-state index contributed by atoms with van der Waals surface area (Å²) in [7, 11) is 1.59. The van der Waals surface area contributed by atoms with E-state index in [1.54, 1.807) is 32.4 Å². The molecule has 20 heavy (non-hydrogen) atoms. The smallest absolute Gasteiger partial charge is 0.340 e. The van der Waals surface area contributed by atoms with Crippen LogP contribution in [0.3, 0.4) is 0 Å². The summed E-state index contributed by atoms with van der Waals surface area (Å²) in [5.74, 6) is -0.399. The van der Waals surface area contributed by atoms with Crippen molar-refractivity contribution in [3.63, 3.8) is 0 Å². The summed E-state index contributed by atoms with van der Waals surface area (Å²) in [4.78, 5) is 24.3. The van der Waals surface area contributed by atoms with Crippen LogP contribution in [0.5, 0.6) is 0 Å². The van der Waals surface area contributed by atoms with Gasteiger partial charge in [0.2, 0.25) is 0 Å². The SMILES string of the molecule is CCOC(=O)c1c(C)cc(=O)n(C(C)(C)COC)c1C. The highest BCUT2D eigenvalue weighted by molar-refractivity contribution is 5.92. The van der Waals surface area contributed by atoms with Gasteiger partial charge in [-0.05, 0) is 40.2 Å². The Morgan fingerprint density at radius 3 is 2.45 bits per heavy atom. The number of hydrogen-bond acceptors (Lipinski definition) is 4. The third-order valence-electron chi connectivity index (χ3n) is 3.23. The predicted molar refractivity (Wildman–Crippen MR) is 77.3 cm³/mol. The van der Waals surface area contributed by atoms with Gasteiger partial charge < -0.3 is 14.0 Å². The molecule has 0 saturated heterocycles. The Hall–Kier alpha value is -1.62. The molecule has 1 heterocycles. The Morgan fingerprint density at radius 2 is 1.95 bits per heavy atom. The molecule has 0 saturated carbocycles. The number of esters is 1. The van der Waals surface area contributed by atoms with Gasteiger partial charge in [0.15, 0.2) is 0 Å². The molecule has 0 bridgehead atoms. The summed E-state index contributed by atoms with van der Waals surface area (Å²) in [6.45, 7) is 9.74. The normalized spacial score (nSPS) is 11.5. The first-order valence-electron chi connectivity index (χ1n) is 6.66. The number of nitrogens with zero attached hydrogens (tertiary/aromatic N) is 1. The zero-order chi connectivity index (χ0) is 15.5. The minimum Gasteiger partial charge on any atom is -0.462 e. The van der Waals surface area contributed by atoms with Crippen molar-refractivity contribution in [3.8, 4) is 0 Å². The van der Waals surface area contributed by atoms with E-state index in [2.05, 4.69) is 0 Å². The second-order valence-electron chi connectivity index (χ2n) is 5.43. The van der Waals surface area contributed by atoms with Crippen molar-refractivity contribution in [2.45, 2.75) is 40.2 Å². The summed E-state index contributed by atoms with van der Waals surface area (Å²) in [5, 5.41) is 0. The summed E-state index contributed by atoms with van der Waals surface area (Å²) in [6.07, 6.45) is 0. The Bertz CT molecular complexity index is 558. The van der Waals surface area contributed by atoms with Gasteiger partial charge in [-0.3, -0.25) is 4.79 Å². The molecule has 0 aromatic carbocycles. The average Bonchev–Trinajstić information content (AvgIpc) is 2.27. The van der Waals surface area contributed by atoms with E-state index in [0.717, 1.165) is 0 Å². The summed E-state index contributed by atoms with van der Waals surface area (Å²) in [6, 6.07) is 1.47. The van der Waals surface area contributed by atoms with Crippen LogP contribution >= 0.6 is 0 Å². The zero-order valence-corrected chi connectivity index (χ0v) is 13.1. The van der Waals surface area contributed by atoms with Crippen LogP contribution < -0.4 is 5.56 Å². The van der Waals surface area contributed by atoms with Crippen molar-refractivity contribution in [2.24, 2.45) is 0 Å². The second kappa shape index (κ2) is 6.22. The molecule has 0 N–H and O–H groups in total. The second-order valence-corrected chi connectivity index (χ2v) is 5.43. The number of carbonyl (C=O) groups excluding carboxylic acids is 1. The van der Waals surface area contributed by atoms with Gasteiger partial charge in [-0.1, -0.05) is 0 Å². The van der Waals surface area contributed by atoms with E-state index in [4.69, 9.17) is 9.47 Å². The molecular weight excluding hydrogens is 258 g/mol. The minimum atomic E-state index is -0.537. The Balaban J connectivity index is 3.52. The van der Waals surface area contributed by atoms with Gasteiger partial charge >= 0.3 is 5.97 Å². The molecule has 1 aromatic heterocycles. The molecule has 0 aliphatic rings. The highest BCUT2D eigenvalue weighted by Crippen LogP contribution is 2.20.